The number of carbonyl (C=O) groups excluding carboxylic acids is 2. The number of aliphatic hydroxyl groups excluding tert-OH is 1. The van der Waals surface area contributed by atoms with Crippen molar-refractivity contribution in [2.45, 2.75) is 19.3 Å². The number of carbonyl (C=O) groups is 2. The van der Waals surface area contributed by atoms with Crippen molar-refractivity contribution in [3.8, 4) is 0 Å². The quantitative estimate of drug-likeness (QED) is 0.803. The molecule has 2 saturated heterocycles. The molecular formula is C12H20N2O3S. The highest BCUT2D eigenvalue weighted by Gasteiger charge is 2.27. The Bertz CT molecular complexity index is 324. The maximum absolute atomic E-state index is 12.0. The summed E-state index contributed by atoms with van der Waals surface area (Å²) >= 11 is 1.33. The van der Waals surface area contributed by atoms with Gasteiger partial charge >= 0.3 is 0 Å². The van der Waals surface area contributed by atoms with Gasteiger partial charge in [0.1, 0.15) is 0 Å². The van der Waals surface area contributed by atoms with Crippen LogP contribution in [0, 0.1) is 5.92 Å². The van der Waals surface area contributed by atoms with Gasteiger partial charge in [-0.2, -0.15) is 0 Å². The summed E-state index contributed by atoms with van der Waals surface area (Å²) in [4.78, 5) is 27.0. The zero-order valence-corrected chi connectivity index (χ0v) is 11.3. The van der Waals surface area contributed by atoms with Gasteiger partial charge in [-0.1, -0.05) is 11.8 Å². The van der Waals surface area contributed by atoms with Crippen molar-refractivity contribution in [2.24, 2.45) is 5.92 Å². The van der Waals surface area contributed by atoms with Gasteiger partial charge in [-0.15, -0.1) is 0 Å². The molecule has 0 bridgehead atoms. The number of hydrogen-bond acceptors (Lipinski definition) is 4. The van der Waals surface area contributed by atoms with E-state index < -0.39 is 0 Å². The van der Waals surface area contributed by atoms with E-state index in [0.29, 0.717) is 18.9 Å². The smallest absolute Gasteiger partial charge is 0.281 e. The van der Waals surface area contributed by atoms with Crippen LogP contribution in [0.15, 0.2) is 0 Å². The molecule has 2 aliphatic rings. The monoisotopic (exact) mass is 272 g/mol. The molecule has 1 atom stereocenters. The predicted molar refractivity (Wildman–Crippen MR) is 70.4 cm³/mol. The second kappa shape index (κ2) is 6.43. The molecule has 18 heavy (non-hydrogen) atoms. The van der Waals surface area contributed by atoms with E-state index >= 15 is 0 Å². The fourth-order valence-corrected chi connectivity index (χ4v) is 3.35. The summed E-state index contributed by atoms with van der Waals surface area (Å²) in [5, 5.41) is 8.98. The molecule has 1 unspecified atom stereocenters. The van der Waals surface area contributed by atoms with Crippen molar-refractivity contribution in [2.75, 3.05) is 38.5 Å². The van der Waals surface area contributed by atoms with Crippen LogP contribution < -0.4 is 0 Å². The van der Waals surface area contributed by atoms with Gasteiger partial charge in [-0.25, -0.2) is 0 Å². The molecule has 2 fully saturated rings. The normalized spacial score (nSPS) is 24.1. The number of nitrogens with zero attached hydrogens (tertiary/aromatic N) is 2. The van der Waals surface area contributed by atoms with Crippen LogP contribution >= 0.6 is 11.8 Å². The lowest BCUT2D eigenvalue weighted by molar-refractivity contribution is -0.130. The predicted octanol–water partition coefficient (Wildman–Crippen LogP) is 0.776. The Morgan fingerprint density at radius 1 is 1.44 bits per heavy atom. The summed E-state index contributed by atoms with van der Waals surface area (Å²) in [6.07, 6.45) is 2.20. The Morgan fingerprint density at radius 2 is 2.28 bits per heavy atom. The van der Waals surface area contributed by atoms with Crippen molar-refractivity contribution in [3.63, 3.8) is 0 Å². The molecule has 2 amide bonds. The maximum Gasteiger partial charge on any atom is 0.281 e. The minimum Gasteiger partial charge on any atom is -0.396 e. The molecule has 6 heteroatoms. The van der Waals surface area contributed by atoms with Crippen LogP contribution in [0.25, 0.3) is 0 Å². The molecule has 5 nitrogen and oxygen atoms in total. The summed E-state index contributed by atoms with van der Waals surface area (Å²) in [5.74, 6) is 1.43. The average Bonchev–Trinajstić information content (AvgIpc) is 2.96. The van der Waals surface area contributed by atoms with Gasteiger partial charge in [-0.05, 0) is 18.8 Å². The number of rotatable bonds is 5. The molecule has 0 aromatic carbocycles. The van der Waals surface area contributed by atoms with E-state index in [9.17, 15) is 9.59 Å². The van der Waals surface area contributed by atoms with Crippen LogP contribution in [0.1, 0.15) is 19.3 Å². The topological polar surface area (TPSA) is 60.9 Å². The fourth-order valence-electron chi connectivity index (χ4n) is 2.49. The average molecular weight is 272 g/mol. The standard InChI is InChI=1S/C12H20N2O3S/c15-7-3-10-1-4-14(9-10)11(16)2-5-13-6-8-18-12(13)17/h10,15H,1-9H2. The second-order valence-corrected chi connectivity index (χ2v) is 5.90. The van der Waals surface area contributed by atoms with Crippen molar-refractivity contribution in [3.05, 3.63) is 0 Å². The maximum atomic E-state index is 12.0. The van der Waals surface area contributed by atoms with Crippen molar-refractivity contribution in [1.29, 1.82) is 0 Å². The van der Waals surface area contributed by atoms with Crippen LogP contribution in [0.4, 0.5) is 4.79 Å². The Balaban J connectivity index is 1.70. The van der Waals surface area contributed by atoms with E-state index in [0.717, 1.165) is 38.2 Å². The molecule has 0 aromatic heterocycles. The number of aliphatic hydroxyl groups is 1. The summed E-state index contributed by atoms with van der Waals surface area (Å²) in [7, 11) is 0. The largest absolute Gasteiger partial charge is 0.396 e. The highest BCUT2D eigenvalue weighted by Crippen LogP contribution is 2.21. The van der Waals surface area contributed by atoms with Gasteiger partial charge in [0, 0.05) is 45.0 Å². The van der Waals surface area contributed by atoms with Crippen LogP contribution in [-0.4, -0.2) is 64.6 Å². The van der Waals surface area contributed by atoms with Crippen LogP contribution in [0.5, 0.6) is 0 Å². The Morgan fingerprint density at radius 3 is 2.94 bits per heavy atom. The van der Waals surface area contributed by atoms with E-state index in [1.54, 1.807) is 4.90 Å². The highest BCUT2D eigenvalue weighted by molar-refractivity contribution is 8.13. The SMILES string of the molecule is O=C(CCN1CCSC1=O)N1CCC(CCO)C1. The van der Waals surface area contributed by atoms with Gasteiger partial charge in [0.2, 0.25) is 5.91 Å². The molecule has 0 radical (unpaired) electrons. The zero-order valence-electron chi connectivity index (χ0n) is 10.5. The van der Waals surface area contributed by atoms with E-state index in [4.69, 9.17) is 5.11 Å². The van der Waals surface area contributed by atoms with E-state index in [2.05, 4.69) is 0 Å². The first-order valence-electron chi connectivity index (χ1n) is 6.51. The minimum absolute atomic E-state index is 0.0994. The lowest BCUT2D eigenvalue weighted by Gasteiger charge is -2.19. The summed E-state index contributed by atoms with van der Waals surface area (Å²) in [6, 6.07) is 0. The lowest BCUT2D eigenvalue weighted by atomic mass is 10.1. The molecule has 0 aromatic rings. The molecule has 1 N–H and O–H groups in total. The number of likely N-dealkylation sites (tertiary alicyclic amines) is 1. The van der Waals surface area contributed by atoms with Crippen LogP contribution in [0.2, 0.25) is 0 Å². The van der Waals surface area contributed by atoms with Crippen molar-refractivity contribution in [1.82, 2.24) is 9.80 Å². The Kier molecular flexibility index (Phi) is 4.88. The van der Waals surface area contributed by atoms with Gasteiger partial charge in [0.25, 0.3) is 5.24 Å². The third kappa shape index (κ3) is 3.38. The first kappa shape index (κ1) is 13.7. The highest BCUT2D eigenvalue weighted by atomic mass is 32.2. The first-order valence-corrected chi connectivity index (χ1v) is 7.49. The Labute approximate surface area is 112 Å². The summed E-state index contributed by atoms with van der Waals surface area (Å²) in [5.41, 5.74) is 0. The number of thioether (sulfide) groups is 1. The number of amides is 2. The zero-order chi connectivity index (χ0) is 13.0. The van der Waals surface area contributed by atoms with E-state index in [1.165, 1.54) is 11.8 Å². The molecule has 0 aliphatic carbocycles. The molecule has 2 aliphatic heterocycles. The van der Waals surface area contributed by atoms with Gasteiger partial charge in [-0.3, -0.25) is 9.59 Å². The van der Waals surface area contributed by atoms with E-state index in [-0.39, 0.29) is 17.8 Å². The third-order valence-corrected chi connectivity index (χ3v) is 4.51. The third-order valence-electron chi connectivity index (χ3n) is 3.62. The molecule has 2 rings (SSSR count). The van der Waals surface area contributed by atoms with E-state index in [1.807, 2.05) is 4.90 Å². The van der Waals surface area contributed by atoms with Gasteiger partial charge < -0.3 is 14.9 Å². The molecular weight excluding hydrogens is 252 g/mol. The number of hydrogen-bond donors (Lipinski definition) is 1. The molecule has 2 heterocycles. The lowest BCUT2D eigenvalue weighted by Crippen LogP contribution is -2.33. The van der Waals surface area contributed by atoms with Crippen molar-refractivity contribution >= 4 is 22.9 Å². The van der Waals surface area contributed by atoms with Crippen molar-refractivity contribution < 1.29 is 14.7 Å². The van der Waals surface area contributed by atoms with Gasteiger partial charge in [0.05, 0.1) is 0 Å². The summed E-state index contributed by atoms with van der Waals surface area (Å²) < 4.78 is 0. The van der Waals surface area contributed by atoms with Crippen LogP contribution in [-0.2, 0) is 4.79 Å². The Hall–Kier alpha value is -0.750. The molecule has 0 saturated carbocycles. The molecule has 0 spiro atoms. The van der Waals surface area contributed by atoms with Crippen LogP contribution in [0.3, 0.4) is 0 Å². The minimum atomic E-state index is 0.0994. The second-order valence-electron chi connectivity index (χ2n) is 4.86. The van der Waals surface area contributed by atoms with Gasteiger partial charge in [0.15, 0.2) is 0 Å². The fraction of sp³-hybridized carbons (Fsp3) is 0.833. The summed E-state index contributed by atoms with van der Waals surface area (Å²) in [6.45, 7) is 3.08. The first-order chi connectivity index (χ1) is 8.70. The molecule has 102 valence electrons.